The normalized spacial score (nSPS) is 22.0. The van der Waals surface area contributed by atoms with E-state index in [-0.39, 0.29) is 30.4 Å². The van der Waals surface area contributed by atoms with Crippen LogP contribution in [0.4, 0.5) is 4.79 Å². The molecule has 2 aromatic rings. The van der Waals surface area contributed by atoms with Crippen LogP contribution in [0.2, 0.25) is 0 Å². The Morgan fingerprint density at radius 2 is 1.74 bits per heavy atom. The summed E-state index contributed by atoms with van der Waals surface area (Å²) < 4.78 is 17.1. The molecule has 0 radical (unpaired) electrons. The van der Waals surface area contributed by atoms with Crippen LogP contribution in [0, 0.1) is 0 Å². The molecule has 2 aromatic carbocycles. The SMILES string of the molecule is CCOc1cc(C(=O)N2C3CCC2COC3)ccc1C(=O)N(C)C[C@@H](O)[C@@H]1Cc2ccccc2CN1C(=O)OC(C)(C)C. The minimum absolute atomic E-state index is 0.0195. The van der Waals surface area contributed by atoms with E-state index in [1.54, 1.807) is 50.9 Å². The van der Waals surface area contributed by atoms with Crippen molar-refractivity contribution in [1.29, 1.82) is 0 Å². The van der Waals surface area contributed by atoms with Crippen molar-refractivity contribution in [2.45, 2.75) is 83.3 Å². The molecule has 1 N–H and O–H groups in total. The minimum atomic E-state index is -1.04. The zero-order valence-corrected chi connectivity index (χ0v) is 25.7. The molecule has 43 heavy (non-hydrogen) atoms. The number of hydrogen-bond acceptors (Lipinski definition) is 7. The van der Waals surface area contributed by atoms with Gasteiger partial charge in [-0.25, -0.2) is 4.79 Å². The fourth-order valence-corrected chi connectivity index (χ4v) is 6.32. The number of benzene rings is 2. The monoisotopic (exact) mass is 593 g/mol. The average Bonchev–Trinajstić information content (AvgIpc) is 3.22. The summed E-state index contributed by atoms with van der Waals surface area (Å²) in [6.45, 7) is 8.93. The molecule has 2 saturated heterocycles. The first-order valence-corrected chi connectivity index (χ1v) is 15.1. The number of fused-ring (bicyclic) bond motifs is 3. The maximum atomic E-state index is 13.7. The number of carbonyl (C=O) groups is 3. The Hall–Kier alpha value is -3.63. The summed E-state index contributed by atoms with van der Waals surface area (Å²) >= 11 is 0. The molecule has 3 aliphatic rings. The zero-order chi connectivity index (χ0) is 30.9. The van der Waals surface area contributed by atoms with Gasteiger partial charge in [-0.05, 0) is 76.3 Å². The van der Waals surface area contributed by atoms with Crippen LogP contribution >= 0.6 is 0 Å². The number of amides is 3. The maximum absolute atomic E-state index is 13.7. The minimum Gasteiger partial charge on any atom is -0.493 e. The van der Waals surface area contributed by atoms with E-state index in [9.17, 15) is 19.5 Å². The van der Waals surface area contributed by atoms with E-state index in [0.717, 1.165) is 24.0 Å². The number of hydrogen-bond donors (Lipinski definition) is 1. The summed E-state index contributed by atoms with van der Waals surface area (Å²) in [7, 11) is 1.61. The van der Waals surface area contributed by atoms with Crippen LogP contribution in [-0.4, -0.2) is 101 Å². The average molecular weight is 594 g/mol. The highest BCUT2D eigenvalue weighted by Crippen LogP contribution is 2.32. The molecule has 2 bridgehead atoms. The fraction of sp³-hybridized carbons (Fsp3) is 0.545. The topological polar surface area (TPSA) is 109 Å². The quantitative estimate of drug-likeness (QED) is 0.519. The largest absolute Gasteiger partial charge is 0.493 e. The first kappa shape index (κ1) is 30.8. The first-order valence-electron chi connectivity index (χ1n) is 15.1. The van der Waals surface area contributed by atoms with Crippen LogP contribution in [0.25, 0.3) is 0 Å². The van der Waals surface area contributed by atoms with Gasteiger partial charge in [0.2, 0.25) is 0 Å². The summed E-state index contributed by atoms with van der Waals surface area (Å²) in [4.78, 5) is 45.2. The molecule has 3 heterocycles. The van der Waals surface area contributed by atoms with E-state index in [1.165, 1.54) is 4.90 Å². The molecule has 3 aliphatic heterocycles. The molecule has 0 aromatic heterocycles. The molecule has 0 saturated carbocycles. The standard InChI is InChI=1S/C33H43N3O7/c1-6-42-29-16-22(30(38)36-24-12-13-25(36)20-41-19-24)11-14-26(29)31(39)34(5)18-28(37)27-15-21-9-7-8-10-23(21)17-35(27)32(40)43-33(2,3)4/h7-11,14,16,24-25,27-28,37H,6,12-13,15,17-20H2,1-5H3/t24?,25?,27-,28+/m0/s1. The lowest BCUT2D eigenvalue weighted by atomic mass is 9.91. The Balaban J connectivity index is 1.33. The van der Waals surface area contributed by atoms with E-state index in [1.807, 2.05) is 36.1 Å². The third-order valence-corrected chi connectivity index (χ3v) is 8.40. The van der Waals surface area contributed by atoms with Gasteiger partial charge in [0.25, 0.3) is 11.8 Å². The van der Waals surface area contributed by atoms with Crippen LogP contribution in [-0.2, 0) is 22.4 Å². The molecule has 10 nitrogen and oxygen atoms in total. The fourth-order valence-electron chi connectivity index (χ4n) is 6.32. The highest BCUT2D eigenvalue weighted by molar-refractivity contribution is 6.00. The van der Waals surface area contributed by atoms with Crippen molar-refractivity contribution < 1.29 is 33.7 Å². The van der Waals surface area contributed by atoms with Gasteiger partial charge in [0.05, 0.1) is 49.6 Å². The smallest absolute Gasteiger partial charge is 0.410 e. The van der Waals surface area contributed by atoms with Crippen molar-refractivity contribution in [2.24, 2.45) is 0 Å². The molecule has 10 heteroatoms. The van der Waals surface area contributed by atoms with Gasteiger partial charge in [0, 0.05) is 25.7 Å². The predicted octanol–water partition coefficient (Wildman–Crippen LogP) is 3.88. The summed E-state index contributed by atoms with van der Waals surface area (Å²) in [6, 6.07) is 12.3. The van der Waals surface area contributed by atoms with E-state index < -0.39 is 23.8 Å². The lowest BCUT2D eigenvalue weighted by Gasteiger charge is -2.40. The molecular weight excluding hydrogens is 550 g/mol. The second kappa shape index (κ2) is 12.5. The van der Waals surface area contributed by atoms with Gasteiger partial charge < -0.3 is 29.1 Å². The molecule has 0 aliphatic carbocycles. The molecule has 4 atom stereocenters. The number of nitrogens with zero attached hydrogens (tertiary/aromatic N) is 3. The molecule has 2 fully saturated rings. The van der Waals surface area contributed by atoms with Crippen LogP contribution in [0.1, 0.15) is 72.4 Å². The van der Waals surface area contributed by atoms with E-state index in [4.69, 9.17) is 14.2 Å². The molecule has 3 amide bonds. The van der Waals surface area contributed by atoms with Crippen LogP contribution in [0.3, 0.4) is 0 Å². The summed E-state index contributed by atoms with van der Waals surface area (Å²) in [5.74, 6) is -0.116. The Morgan fingerprint density at radius 3 is 2.40 bits per heavy atom. The van der Waals surface area contributed by atoms with E-state index >= 15 is 0 Å². The third kappa shape index (κ3) is 6.65. The molecular formula is C33H43N3O7. The van der Waals surface area contributed by atoms with Crippen molar-refractivity contribution in [1.82, 2.24) is 14.7 Å². The molecule has 232 valence electrons. The lowest BCUT2D eigenvalue weighted by Crippen LogP contribution is -2.54. The van der Waals surface area contributed by atoms with Gasteiger partial charge in [-0.15, -0.1) is 0 Å². The van der Waals surface area contributed by atoms with Gasteiger partial charge in [-0.1, -0.05) is 24.3 Å². The molecule has 5 rings (SSSR count). The predicted molar refractivity (Wildman–Crippen MR) is 160 cm³/mol. The number of rotatable bonds is 7. The third-order valence-electron chi connectivity index (χ3n) is 8.40. The van der Waals surface area contributed by atoms with Gasteiger partial charge >= 0.3 is 6.09 Å². The highest BCUT2D eigenvalue weighted by Gasteiger charge is 2.41. The Kier molecular flexibility index (Phi) is 8.99. The number of morpholine rings is 1. The molecule has 2 unspecified atom stereocenters. The van der Waals surface area contributed by atoms with Gasteiger partial charge in [-0.3, -0.25) is 14.5 Å². The maximum Gasteiger partial charge on any atom is 0.410 e. The van der Waals surface area contributed by atoms with Crippen molar-refractivity contribution in [3.63, 3.8) is 0 Å². The zero-order valence-electron chi connectivity index (χ0n) is 25.7. The first-order chi connectivity index (χ1) is 20.5. The van der Waals surface area contributed by atoms with Gasteiger partial charge in [-0.2, -0.15) is 0 Å². The Morgan fingerprint density at radius 1 is 1.07 bits per heavy atom. The van der Waals surface area contributed by atoms with Crippen LogP contribution in [0.15, 0.2) is 42.5 Å². The van der Waals surface area contributed by atoms with Crippen molar-refractivity contribution in [3.8, 4) is 5.75 Å². The van der Waals surface area contributed by atoms with Crippen LogP contribution in [0.5, 0.6) is 5.75 Å². The van der Waals surface area contributed by atoms with E-state index in [0.29, 0.717) is 49.7 Å². The highest BCUT2D eigenvalue weighted by atomic mass is 16.6. The Bertz CT molecular complexity index is 1340. The molecule has 0 spiro atoms. The van der Waals surface area contributed by atoms with Crippen molar-refractivity contribution in [2.75, 3.05) is 33.4 Å². The van der Waals surface area contributed by atoms with Crippen LogP contribution < -0.4 is 4.74 Å². The van der Waals surface area contributed by atoms with Crippen molar-refractivity contribution >= 4 is 17.9 Å². The second-order valence-electron chi connectivity index (χ2n) is 12.7. The summed E-state index contributed by atoms with van der Waals surface area (Å²) in [6.07, 6.45) is 0.742. The number of likely N-dealkylation sites (N-methyl/N-ethyl adjacent to an activating group) is 1. The Labute approximate surface area is 253 Å². The summed E-state index contributed by atoms with van der Waals surface area (Å²) in [5, 5.41) is 11.4. The number of ether oxygens (including phenoxy) is 3. The van der Waals surface area contributed by atoms with Gasteiger partial charge in [0.15, 0.2) is 0 Å². The number of carbonyl (C=O) groups excluding carboxylic acids is 3. The van der Waals surface area contributed by atoms with E-state index in [2.05, 4.69) is 0 Å². The number of aliphatic hydroxyl groups excluding tert-OH is 1. The van der Waals surface area contributed by atoms with Crippen molar-refractivity contribution in [3.05, 3.63) is 64.7 Å². The van der Waals surface area contributed by atoms with Gasteiger partial charge in [0.1, 0.15) is 11.4 Å². The summed E-state index contributed by atoms with van der Waals surface area (Å²) in [5.41, 5.74) is 2.13. The number of aliphatic hydroxyl groups is 1. The second-order valence-corrected chi connectivity index (χ2v) is 12.7. The lowest BCUT2D eigenvalue weighted by molar-refractivity contribution is -0.0166.